The standard InChI is InChI=1S/C13H17N5O3/c1-18(6-12-15-7-16-17-12)13(19)8-4-10(20-2)11(21-3)5-9(8)14/h4-5,7H,6,14H2,1-3H3,(H,15,16,17). The van der Waals surface area contributed by atoms with Crippen molar-refractivity contribution in [2.24, 2.45) is 0 Å². The minimum atomic E-state index is -0.246. The molecule has 0 bridgehead atoms. The zero-order valence-corrected chi connectivity index (χ0v) is 12.1. The molecule has 0 aliphatic carbocycles. The van der Waals surface area contributed by atoms with Crippen LogP contribution in [-0.2, 0) is 6.54 Å². The molecule has 8 nitrogen and oxygen atoms in total. The number of benzene rings is 1. The minimum Gasteiger partial charge on any atom is -0.493 e. The monoisotopic (exact) mass is 291 g/mol. The number of hydrogen-bond donors (Lipinski definition) is 2. The van der Waals surface area contributed by atoms with Gasteiger partial charge in [0.25, 0.3) is 5.91 Å². The number of H-pyrrole nitrogens is 1. The van der Waals surface area contributed by atoms with Crippen molar-refractivity contribution in [2.45, 2.75) is 6.54 Å². The van der Waals surface area contributed by atoms with E-state index in [-0.39, 0.29) is 5.91 Å². The van der Waals surface area contributed by atoms with Crippen LogP contribution in [0.1, 0.15) is 16.2 Å². The summed E-state index contributed by atoms with van der Waals surface area (Å²) in [6, 6.07) is 3.13. The van der Waals surface area contributed by atoms with E-state index >= 15 is 0 Å². The molecule has 0 fully saturated rings. The number of aromatic nitrogens is 3. The second-order valence-electron chi connectivity index (χ2n) is 4.39. The van der Waals surface area contributed by atoms with Gasteiger partial charge in [0.15, 0.2) is 11.5 Å². The van der Waals surface area contributed by atoms with Gasteiger partial charge in [0.1, 0.15) is 12.2 Å². The van der Waals surface area contributed by atoms with Gasteiger partial charge >= 0.3 is 0 Å². The number of nitrogens with one attached hydrogen (secondary N) is 1. The van der Waals surface area contributed by atoms with Crippen LogP contribution < -0.4 is 15.2 Å². The Balaban J connectivity index is 2.25. The number of anilines is 1. The molecule has 2 aromatic rings. The number of hydrogen-bond acceptors (Lipinski definition) is 6. The zero-order valence-electron chi connectivity index (χ0n) is 12.1. The van der Waals surface area contributed by atoms with Gasteiger partial charge in [-0.1, -0.05) is 0 Å². The number of ether oxygens (including phenoxy) is 2. The molecule has 112 valence electrons. The molecule has 1 heterocycles. The number of carbonyl (C=O) groups excluding carboxylic acids is 1. The van der Waals surface area contributed by atoms with Crippen LogP contribution >= 0.6 is 0 Å². The van der Waals surface area contributed by atoms with Gasteiger partial charge in [-0.15, -0.1) is 0 Å². The molecule has 0 spiro atoms. The molecule has 0 aliphatic heterocycles. The van der Waals surface area contributed by atoms with Crippen molar-refractivity contribution in [2.75, 3.05) is 27.0 Å². The fourth-order valence-corrected chi connectivity index (χ4v) is 1.89. The molecule has 0 saturated carbocycles. The van der Waals surface area contributed by atoms with Crippen LogP contribution in [0.3, 0.4) is 0 Å². The van der Waals surface area contributed by atoms with Crippen LogP contribution in [-0.4, -0.2) is 47.3 Å². The average molecular weight is 291 g/mol. The van der Waals surface area contributed by atoms with Gasteiger partial charge in [0.2, 0.25) is 0 Å². The summed E-state index contributed by atoms with van der Waals surface area (Å²) in [4.78, 5) is 17.9. The maximum atomic E-state index is 12.4. The van der Waals surface area contributed by atoms with Crippen LogP contribution in [0.4, 0.5) is 5.69 Å². The summed E-state index contributed by atoms with van der Waals surface area (Å²) in [6.07, 6.45) is 1.39. The van der Waals surface area contributed by atoms with Crippen LogP contribution in [0.2, 0.25) is 0 Å². The van der Waals surface area contributed by atoms with Crippen molar-refractivity contribution >= 4 is 11.6 Å². The summed E-state index contributed by atoms with van der Waals surface area (Å²) in [6.45, 7) is 0.298. The lowest BCUT2D eigenvalue weighted by Gasteiger charge is -2.18. The molecule has 0 aliphatic rings. The number of carbonyl (C=O) groups is 1. The summed E-state index contributed by atoms with van der Waals surface area (Å²) < 4.78 is 10.3. The highest BCUT2D eigenvalue weighted by Crippen LogP contribution is 2.32. The molecule has 1 aromatic carbocycles. The fourth-order valence-electron chi connectivity index (χ4n) is 1.89. The van der Waals surface area contributed by atoms with E-state index in [0.29, 0.717) is 35.1 Å². The van der Waals surface area contributed by atoms with Crippen LogP contribution in [0.25, 0.3) is 0 Å². The zero-order chi connectivity index (χ0) is 15.4. The maximum Gasteiger partial charge on any atom is 0.256 e. The third-order valence-electron chi connectivity index (χ3n) is 2.98. The molecule has 1 aromatic heterocycles. The van der Waals surface area contributed by atoms with Gasteiger partial charge in [-0.2, -0.15) is 5.10 Å². The van der Waals surface area contributed by atoms with Crippen LogP contribution in [0.5, 0.6) is 11.5 Å². The fraction of sp³-hybridized carbons (Fsp3) is 0.308. The smallest absolute Gasteiger partial charge is 0.256 e. The largest absolute Gasteiger partial charge is 0.493 e. The number of nitrogens with two attached hydrogens (primary N) is 1. The molecule has 2 rings (SSSR count). The predicted octanol–water partition coefficient (Wildman–Crippen LogP) is 0.676. The summed E-state index contributed by atoms with van der Waals surface area (Å²) >= 11 is 0. The number of rotatable bonds is 5. The van der Waals surface area contributed by atoms with Crippen molar-refractivity contribution in [3.63, 3.8) is 0 Å². The SMILES string of the molecule is COc1cc(N)c(C(=O)N(C)Cc2ncn[nH]2)cc1OC. The first-order chi connectivity index (χ1) is 10.1. The molecule has 0 atom stereocenters. The normalized spacial score (nSPS) is 10.2. The Hall–Kier alpha value is -2.77. The van der Waals surface area contributed by atoms with Gasteiger partial charge in [-0.3, -0.25) is 9.89 Å². The quantitative estimate of drug-likeness (QED) is 0.784. The third kappa shape index (κ3) is 3.04. The summed E-state index contributed by atoms with van der Waals surface area (Å²) in [5.74, 6) is 1.27. The van der Waals surface area contributed by atoms with E-state index in [1.165, 1.54) is 25.4 Å². The predicted molar refractivity (Wildman–Crippen MR) is 76.1 cm³/mol. The summed E-state index contributed by atoms with van der Waals surface area (Å²) in [7, 11) is 4.66. The first-order valence-electron chi connectivity index (χ1n) is 6.18. The highest BCUT2D eigenvalue weighted by Gasteiger charge is 2.19. The van der Waals surface area contributed by atoms with E-state index in [4.69, 9.17) is 15.2 Å². The molecule has 8 heteroatoms. The summed E-state index contributed by atoms with van der Waals surface area (Å²) in [5.41, 5.74) is 6.58. The van der Waals surface area contributed by atoms with Crippen LogP contribution in [0, 0.1) is 0 Å². The Labute approximate surface area is 121 Å². The van der Waals surface area contributed by atoms with E-state index in [1.54, 1.807) is 19.2 Å². The summed E-state index contributed by atoms with van der Waals surface area (Å²) in [5, 5.41) is 6.44. The molecule has 0 unspecified atom stereocenters. The Kier molecular flexibility index (Phi) is 4.27. The van der Waals surface area contributed by atoms with Crippen molar-refractivity contribution < 1.29 is 14.3 Å². The topological polar surface area (TPSA) is 106 Å². The highest BCUT2D eigenvalue weighted by molar-refractivity contribution is 5.99. The number of aromatic amines is 1. The second kappa shape index (κ2) is 6.12. The highest BCUT2D eigenvalue weighted by atomic mass is 16.5. The Morgan fingerprint density at radius 2 is 2.00 bits per heavy atom. The Bertz CT molecular complexity index is 627. The molecule has 0 saturated heterocycles. The molecule has 21 heavy (non-hydrogen) atoms. The van der Waals surface area contributed by atoms with E-state index < -0.39 is 0 Å². The van der Waals surface area contributed by atoms with Crippen molar-refractivity contribution in [1.29, 1.82) is 0 Å². The minimum absolute atomic E-state index is 0.246. The molecule has 1 amide bonds. The van der Waals surface area contributed by atoms with Gasteiger partial charge < -0.3 is 20.1 Å². The van der Waals surface area contributed by atoms with Gasteiger partial charge in [0, 0.05) is 18.8 Å². The molecule has 3 N–H and O–H groups in total. The van der Waals surface area contributed by atoms with Crippen LogP contribution in [0.15, 0.2) is 18.5 Å². The number of nitrogens with zero attached hydrogens (tertiary/aromatic N) is 3. The van der Waals surface area contributed by atoms with Crippen molar-refractivity contribution in [3.8, 4) is 11.5 Å². The number of amides is 1. The average Bonchev–Trinajstić information content (AvgIpc) is 2.99. The van der Waals surface area contributed by atoms with E-state index in [0.717, 1.165) is 0 Å². The lowest BCUT2D eigenvalue weighted by Crippen LogP contribution is -2.27. The lowest BCUT2D eigenvalue weighted by molar-refractivity contribution is 0.0782. The third-order valence-corrected chi connectivity index (χ3v) is 2.98. The second-order valence-corrected chi connectivity index (χ2v) is 4.39. The van der Waals surface area contributed by atoms with Gasteiger partial charge in [-0.05, 0) is 6.07 Å². The Morgan fingerprint density at radius 1 is 1.33 bits per heavy atom. The number of nitrogen functional groups attached to an aromatic ring is 1. The first-order valence-corrected chi connectivity index (χ1v) is 6.18. The van der Waals surface area contributed by atoms with Gasteiger partial charge in [-0.25, -0.2) is 4.98 Å². The lowest BCUT2D eigenvalue weighted by atomic mass is 10.1. The van der Waals surface area contributed by atoms with E-state index in [2.05, 4.69) is 15.2 Å². The maximum absolute atomic E-state index is 12.4. The number of methoxy groups -OCH3 is 2. The molecular weight excluding hydrogens is 274 g/mol. The molecule has 0 radical (unpaired) electrons. The molecular formula is C13H17N5O3. The van der Waals surface area contributed by atoms with E-state index in [1.807, 2.05) is 0 Å². The van der Waals surface area contributed by atoms with E-state index in [9.17, 15) is 4.79 Å². The Morgan fingerprint density at radius 3 is 2.57 bits per heavy atom. The van der Waals surface area contributed by atoms with Crippen molar-refractivity contribution in [3.05, 3.63) is 29.8 Å². The van der Waals surface area contributed by atoms with Crippen molar-refractivity contribution in [1.82, 2.24) is 20.1 Å². The first kappa shape index (κ1) is 14.6. The van der Waals surface area contributed by atoms with Gasteiger partial charge in [0.05, 0.1) is 26.3 Å².